The molecule has 0 saturated heterocycles. The molecule has 0 aromatic heterocycles. The van der Waals surface area contributed by atoms with Crippen molar-refractivity contribution in [2.75, 3.05) is 23.8 Å². The largest absolute Gasteiger partial charge is 0.399 e. The Morgan fingerprint density at radius 1 is 1.53 bits per heavy atom. The number of thioether (sulfide) groups is 1. The number of aliphatic hydroxyl groups excluding tert-OH is 2. The number of carbonyl (C=O) groups excluding carboxylic acids is 1. The van der Waals surface area contributed by atoms with Gasteiger partial charge >= 0.3 is 0 Å². The number of nitrogens with two attached hydrogens (primary N) is 1. The minimum absolute atomic E-state index is 0.0434. The zero-order chi connectivity index (χ0) is 14.0. The molecule has 1 amide bonds. The third-order valence-electron chi connectivity index (χ3n) is 3.06. The van der Waals surface area contributed by atoms with E-state index in [-0.39, 0.29) is 24.3 Å². The molecular formula is C13H18N2O3S. The molecule has 0 radical (unpaired) electrons. The van der Waals surface area contributed by atoms with Crippen molar-refractivity contribution in [3.63, 3.8) is 0 Å². The summed E-state index contributed by atoms with van der Waals surface area (Å²) in [7, 11) is 0. The van der Waals surface area contributed by atoms with Crippen LogP contribution in [0, 0.1) is 0 Å². The van der Waals surface area contributed by atoms with E-state index in [1.165, 1.54) is 16.7 Å². The first-order valence-corrected chi connectivity index (χ1v) is 7.11. The number of carbonyl (C=O) groups is 1. The van der Waals surface area contributed by atoms with Crippen molar-refractivity contribution in [3.05, 3.63) is 18.2 Å². The first-order chi connectivity index (χ1) is 9.06. The van der Waals surface area contributed by atoms with Crippen LogP contribution in [0.2, 0.25) is 0 Å². The predicted molar refractivity (Wildman–Crippen MR) is 76.2 cm³/mol. The van der Waals surface area contributed by atoms with Crippen LogP contribution in [-0.4, -0.2) is 40.6 Å². The number of hydrogen-bond acceptors (Lipinski definition) is 5. The molecule has 1 aromatic carbocycles. The van der Waals surface area contributed by atoms with E-state index in [2.05, 4.69) is 0 Å². The third kappa shape index (κ3) is 2.86. The zero-order valence-corrected chi connectivity index (χ0v) is 11.6. The van der Waals surface area contributed by atoms with Crippen LogP contribution in [-0.2, 0) is 4.79 Å². The fourth-order valence-corrected chi connectivity index (χ4v) is 3.19. The van der Waals surface area contributed by atoms with E-state index in [4.69, 9.17) is 10.8 Å². The number of β-amino-alcohol motifs (C(OH)–C–C–N with tert-alkyl or cyclic N) is 1. The maximum Gasteiger partial charge on any atom is 0.240 e. The number of benzene rings is 1. The van der Waals surface area contributed by atoms with E-state index in [1.807, 2.05) is 13.0 Å². The van der Waals surface area contributed by atoms with Crippen LogP contribution in [0.1, 0.15) is 13.3 Å². The highest BCUT2D eigenvalue weighted by atomic mass is 32.2. The highest BCUT2D eigenvalue weighted by molar-refractivity contribution is 8.01. The van der Waals surface area contributed by atoms with Crippen molar-refractivity contribution in [2.45, 2.75) is 29.6 Å². The molecule has 5 nitrogen and oxygen atoms in total. The molecule has 1 heterocycles. The standard InChI is InChI=1S/C13H18N2O3S/c1-2-11-13(18)15(6-9(17)7-16)10-5-8(14)3-4-12(10)19-11/h3-5,9,11,16-17H,2,6-7,14H2,1H3. The monoisotopic (exact) mass is 282 g/mol. The van der Waals surface area contributed by atoms with Crippen LogP contribution in [0.5, 0.6) is 0 Å². The lowest BCUT2D eigenvalue weighted by Crippen LogP contribution is -2.45. The molecule has 0 fully saturated rings. The Hall–Kier alpha value is -1.24. The summed E-state index contributed by atoms with van der Waals surface area (Å²) in [6.45, 7) is 1.67. The van der Waals surface area contributed by atoms with Crippen LogP contribution >= 0.6 is 11.8 Å². The van der Waals surface area contributed by atoms with Crippen LogP contribution in [0.3, 0.4) is 0 Å². The molecule has 1 aromatic rings. The van der Waals surface area contributed by atoms with Crippen molar-refractivity contribution in [3.8, 4) is 0 Å². The SMILES string of the molecule is CCC1Sc2ccc(N)cc2N(CC(O)CO)C1=O. The number of anilines is 2. The number of amides is 1. The maximum absolute atomic E-state index is 12.4. The highest BCUT2D eigenvalue weighted by Crippen LogP contribution is 2.41. The lowest BCUT2D eigenvalue weighted by molar-refractivity contribution is -0.118. The van der Waals surface area contributed by atoms with Crippen molar-refractivity contribution in [2.24, 2.45) is 0 Å². The number of fused-ring (bicyclic) bond motifs is 1. The Bertz CT molecular complexity index is 481. The summed E-state index contributed by atoms with van der Waals surface area (Å²) in [5, 5.41) is 18.4. The van der Waals surface area contributed by atoms with Gasteiger partial charge in [0.15, 0.2) is 0 Å². The van der Waals surface area contributed by atoms with E-state index < -0.39 is 6.10 Å². The first-order valence-electron chi connectivity index (χ1n) is 6.23. The molecule has 0 aliphatic carbocycles. The lowest BCUT2D eigenvalue weighted by atomic mass is 10.2. The summed E-state index contributed by atoms with van der Waals surface area (Å²) in [6.07, 6.45) is -0.224. The average Bonchev–Trinajstić information content (AvgIpc) is 2.41. The van der Waals surface area contributed by atoms with Gasteiger partial charge in [-0.25, -0.2) is 0 Å². The predicted octanol–water partition coefficient (Wildman–Crippen LogP) is 0.839. The normalized spacial score (nSPS) is 20.3. The van der Waals surface area contributed by atoms with Gasteiger partial charge in [0.2, 0.25) is 5.91 Å². The number of aliphatic hydroxyl groups is 2. The molecule has 0 bridgehead atoms. The molecular weight excluding hydrogens is 264 g/mol. The second kappa shape index (κ2) is 5.81. The number of nitrogen functional groups attached to an aromatic ring is 1. The molecule has 104 valence electrons. The average molecular weight is 282 g/mol. The van der Waals surface area contributed by atoms with Crippen LogP contribution < -0.4 is 10.6 Å². The van der Waals surface area contributed by atoms with Gasteiger partial charge in [-0.2, -0.15) is 0 Å². The molecule has 2 atom stereocenters. The summed E-state index contributed by atoms with van der Waals surface area (Å²) >= 11 is 1.52. The third-order valence-corrected chi connectivity index (χ3v) is 4.48. The fourth-order valence-electron chi connectivity index (χ4n) is 2.06. The number of hydrogen-bond donors (Lipinski definition) is 3. The molecule has 0 saturated carbocycles. The van der Waals surface area contributed by atoms with Gasteiger partial charge < -0.3 is 20.8 Å². The molecule has 2 rings (SSSR count). The van der Waals surface area contributed by atoms with Gasteiger partial charge in [-0.1, -0.05) is 6.92 Å². The Morgan fingerprint density at radius 2 is 2.26 bits per heavy atom. The molecule has 2 unspecified atom stereocenters. The van der Waals surface area contributed by atoms with E-state index in [0.29, 0.717) is 11.4 Å². The molecule has 4 N–H and O–H groups in total. The topological polar surface area (TPSA) is 86.8 Å². The number of rotatable bonds is 4. The van der Waals surface area contributed by atoms with Crippen molar-refractivity contribution in [1.29, 1.82) is 0 Å². The van der Waals surface area contributed by atoms with Crippen LogP contribution in [0.4, 0.5) is 11.4 Å². The Morgan fingerprint density at radius 3 is 2.89 bits per heavy atom. The van der Waals surface area contributed by atoms with Gasteiger partial charge in [0.25, 0.3) is 0 Å². The van der Waals surface area contributed by atoms with E-state index in [0.717, 1.165) is 11.3 Å². The van der Waals surface area contributed by atoms with Gasteiger partial charge in [-0.15, -0.1) is 11.8 Å². The van der Waals surface area contributed by atoms with Gasteiger partial charge in [-0.3, -0.25) is 4.79 Å². The van der Waals surface area contributed by atoms with Crippen molar-refractivity contribution >= 4 is 29.0 Å². The summed E-state index contributed by atoms with van der Waals surface area (Å²) in [6, 6.07) is 5.42. The van der Waals surface area contributed by atoms with Crippen molar-refractivity contribution < 1.29 is 15.0 Å². The molecule has 0 spiro atoms. The second-order valence-electron chi connectivity index (χ2n) is 4.53. The van der Waals surface area contributed by atoms with Gasteiger partial charge in [-0.05, 0) is 24.6 Å². The summed E-state index contributed by atoms with van der Waals surface area (Å²) < 4.78 is 0. The smallest absolute Gasteiger partial charge is 0.240 e. The maximum atomic E-state index is 12.4. The first kappa shape index (κ1) is 14.2. The molecule has 1 aliphatic rings. The Kier molecular flexibility index (Phi) is 4.34. The van der Waals surface area contributed by atoms with E-state index in [9.17, 15) is 9.90 Å². The van der Waals surface area contributed by atoms with Crippen LogP contribution in [0.25, 0.3) is 0 Å². The summed E-state index contributed by atoms with van der Waals surface area (Å²) in [5.74, 6) is -0.0434. The lowest BCUT2D eigenvalue weighted by Gasteiger charge is -2.34. The molecule has 6 heteroatoms. The Balaban J connectivity index is 2.38. The van der Waals surface area contributed by atoms with Gasteiger partial charge in [0.1, 0.15) is 0 Å². The van der Waals surface area contributed by atoms with E-state index in [1.54, 1.807) is 12.1 Å². The molecule has 19 heavy (non-hydrogen) atoms. The minimum atomic E-state index is -0.946. The highest BCUT2D eigenvalue weighted by Gasteiger charge is 2.33. The zero-order valence-electron chi connectivity index (χ0n) is 10.7. The Labute approximate surface area is 116 Å². The van der Waals surface area contributed by atoms with Gasteiger partial charge in [0.05, 0.1) is 30.2 Å². The quantitative estimate of drug-likeness (QED) is 0.712. The fraction of sp³-hybridized carbons (Fsp3) is 0.462. The molecule has 1 aliphatic heterocycles. The summed E-state index contributed by atoms with van der Waals surface area (Å²) in [4.78, 5) is 14.9. The van der Waals surface area contributed by atoms with Gasteiger partial charge in [0, 0.05) is 10.6 Å². The van der Waals surface area contributed by atoms with Crippen LogP contribution in [0.15, 0.2) is 23.1 Å². The minimum Gasteiger partial charge on any atom is -0.399 e. The summed E-state index contributed by atoms with van der Waals surface area (Å²) in [5.41, 5.74) is 7.05. The number of nitrogens with zero attached hydrogens (tertiary/aromatic N) is 1. The second-order valence-corrected chi connectivity index (χ2v) is 5.77. The van der Waals surface area contributed by atoms with Crippen molar-refractivity contribution in [1.82, 2.24) is 0 Å². The van der Waals surface area contributed by atoms with E-state index >= 15 is 0 Å².